The molecule has 0 aromatic rings. The highest BCUT2D eigenvalue weighted by Gasteiger charge is 2.29. The Labute approximate surface area is 120 Å². The van der Waals surface area contributed by atoms with E-state index in [0.29, 0.717) is 0 Å². The monoisotopic (exact) mass is 269 g/mol. The van der Waals surface area contributed by atoms with Crippen LogP contribution >= 0.6 is 0 Å². The van der Waals surface area contributed by atoms with Gasteiger partial charge < -0.3 is 10.0 Å². The van der Waals surface area contributed by atoms with Crippen molar-refractivity contribution in [3.05, 3.63) is 0 Å². The number of aliphatic hydroxyl groups is 1. The molecule has 0 amide bonds. The first-order valence-electron chi connectivity index (χ1n) is 8.65. The van der Waals surface area contributed by atoms with Crippen LogP contribution in [-0.4, -0.2) is 35.2 Å². The Morgan fingerprint density at radius 2 is 1.63 bits per heavy atom. The lowest BCUT2D eigenvalue weighted by Crippen LogP contribution is -2.31. The molecule has 2 heteroatoms. The smallest absolute Gasteiger partial charge is 0.0660 e. The molecule has 2 nitrogen and oxygen atoms in total. The second-order valence-electron chi connectivity index (χ2n) is 6.44. The van der Waals surface area contributed by atoms with Gasteiger partial charge in [0.1, 0.15) is 0 Å². The average molecular weight is 269 g/mol. The number of likely N-dealkylation sites (tertiary alicyclic amines) is 1. The molecule has 0 bridgehead atoms. The van der Waals surface area contributed by atoms with Crippen molar-refractivity contribution in [2.24, 2.45) is 0 Å². The minimum atomic E-state index is -0.354. The molecule has 1 fully saturated rings. The van der Waals surface area contributed by atoms with Crippen molar-refractivity contribution in [2.75, 3.05) is 19.6 Å². The standard InChI is InChI=1S/C17H35NO/c1-3-5-6-7-8-9-11-17(19)12-10-15-18(14-4-2)16-13-17/h19H,3-16H2,1-2H3. The Kier molecular flexibility index (Phi) is 8.72. The fourth-order valence-corrected chi connectivity index (χ4v) is 3.26. The van der Waals surface area contributed by atoms with E-state index in [0.717, 1.165) is 25.8 Å². The molecule has 1 rings (SSSR count). The molecular formula is C17H35NO. The van der Waals surface area contributed by atoms with Gasteiger partial charge in [-0.1, -0.05) is 52.4 Å². The summed E-state index contributed by atoms with van der Waals surface area (Å²) in [6, 6.07) is 0. The van der Waals surface area contributed by atoms with Crippen molar-refractivity contribution in [1.29, 1.82) is 0 Å². The predicted molar refractivity (Wildman–Crippen MR) is 83.5 cm³/mol. The van der Waals surface area contributed by atoms with E-state index in [1.165, 1.54) is 64.5 Å². The number of hydrogen-bond donors (Lipinski definition) is 1. The van der Waals surface area contributed by atoms with Gasteiger partial charge in [-0.3, -0.25) is 0 Å². The molecule has 0 aromatic heterocycles. The SMILES string of the molecule is CCCCCCCCC1(O)CCCN(CCC)CC1. The van der Waals surface area contributed by atoms with Gasteiger partial charge in [-0.05, 0) is 45.2 Å². The molecule has 1 aliphatic rings. The molecule has 0 aromatic carbocycles. The highest BCUT2D eigenvalue weighted by molar-refractivity contribution is 4.83. The first-order chi connectivity index (χ1) is 9.20. The van der Waals surface area contributed by atoms with E-state index in [-0.39, 0.29) is 5.60 Å². The predicted octanol–water partition coefficient (Wildman–Crippen LogP) is 4.36. The second kappa shape index (κ2) is 9.77. The molecule has 1 atom stereocenters. The molecule has 1 aliphatic heterocycles. The summed E-state index contributed by atoms with van der Waals surface area (Å²) in [6.45, 7) is 7.99. The van der Waals surface area contributed by atoms with Gasteiger partial charge in [-0.15, -0.1) is 0 Å². The van der Waals surface area contributed by atoms with E-state index >= 15 is 0 Å². The third kappa shape index (κ3) is 7.31. The van der Waals surface area contributed by atoms with Crippen molar-refractivity contribution < 1.29 is 5.11 Å². The van der Waals surface area contributed by atoms with Crippen molar-refractivity contribution in [2.45, 2.75) is 90.1 Å². The summed E-state index contributed by atoms with van der Waals surface area (Å²) < 4.78 is 0. The normalized spacial score (nSPS) is 25.4. The second-order valence-corrected chi connectivity index (χ2v) is 6.44. The summed E-state index contributed by atoms with van der Waals surface area (Å²) in [7, 11) is 0. The van der Waals surface area contributed by atoms with Crippen LogP contribution in [0, 0.1) is 0 Å². The zero-order valence-electron chi connectivity index (χ0n) is 13.3. The lowest BCUT2D eigenvalue weighted by Gasteiger charge is -2.27. The summed E-state index contributed by atoms with van der Waals surface area (Å²) in [5.41, 5.74) is -0.354. The maximum absolute atomic E-state index is 10.7. The van der Waals surface area contributed by atoms with Gasteiger partial charge >= 0.3 is 0 Å². The molecule has 19 heavy (non-hydrogen) atoms. The van der Waals surface area contributed by atoms with Crippen LogP contribution in [0.25, 0.3) is 0 Å². The maximum Gasteiger partial charge on any atom is 0.0660 e. The quantitative estimate of drug-likeness (QED) is 0.629. The minimum Gasteiger partial charge on any atom is -0.390 e. The third-order valence-corrected chi connectivity index (χ3v) is 4.55. The number of hydrogen-bond acceptors (Lipinski definition) is 2. The van der Waals surface area contributed by atoms with Crippen molar-refractivity contribution in [1.82, 2.24) is 4.90 Å². The fraction of sp³-hybridized carbons (Fsp3) is 1.00. The third-order valence-electron chi connectivity index (χ3n) is 4.55. The summed E-state index contributed by atoms with van der Waals surface area (Å²) in [4.78, 5) is 2.53. The molecule has 0 saturated carbocycles. The van der Waals surface area contributed by atoms with Gasteiger partial charge in [0.25, 0.3) is 0 Å². The zero-order chi connectivity index (χ0) is 14.0. The van der Waals surface area contributed by atoms with Gasteiger partial charge in [-0.25, -0.2) is 0 Å². The van der Waals surface area contributed by atoms with Gasteiger partial charge in [0.05, 0.1) is 5.60 Å². The van der Waals surface area contributed by atoms with Crippen LogP contribution < -0.4 is 0 Å². The van der Waals surface area contributed by atoms with E-state index in [4.69, 9.17) is 0 Å². The van der Waals surface area contributed by atoms with E-state index in [1.54, 1.807) is 0 Å². The Balaban J connectivity index is 2.16. The molecule has 0 spiro atoms. The fourth-order valence-electron chi connectivity index (χ4n) is 3.26. The lowest BCUT2D eigenvalue weighted by atomic mass is 9.88. The molecule has 1 N–H and O–H groups in total. The van der Waals surface area contributed by atoms with Crippen LogP contribution in [0.1, 0.15) is 84.5 Å². The first kappa shape index (κ1) is 17.0. The highest BCUT2D eigenvalue weighted by atomic mass is 16.3. The topological polar surface area (TPSA) is 23.5 Å². The zero-order valence-corrected chi connectivity index (χ0v) is 13.3. The van der Waals surface area contributed by atoms with Crippen LogP contribution in [-0.2, 0) is 0 Å². The highest BCUT2D eigenvalue weighted by Crippen LogP contribution is 2.28. The Morgan fingerprint density at radius 3 is 2.37 bits per heavy atom. The average Bonchev–Trinajstić information content (AvgIpc) is 2.57. The van der Waals surface area contributed by atoms with Crippen molar-refractivity contribution in [3.8, 4) is 0 Å². The molecule has 1 unspecified atom stereocenters. The van der Waals surface area contributed by atoms with Crippen LogP contribution in [0.3, 0.4) is 0 Å². The summed E-state index contributed by atoms with van der Waals surface area (Å²) in [5.74, 6) is 0. The van der Waals surface area contributed by atoms with Gasteiger partial charge in [0, 0.05) is 6.54 Å². The first-order valence-corrected chi connectivity index (χ1v) is 8.65. The van der Waals surface area contributed by atoms with Gasteiger partial charge in [-0.2, -0.15) is 0 Å². The molecule has 114 valence electrons. The van der Waals surface area contributed by atoms with Crippen LogP contribution in [0.2, 0.25) is 0 Å². The molecular weight excluding hydrogens is 234 g/mol. The Hall–Kier alpha value is -0.0800. The summed E-state index contributed by atoms with van der Waals surface area (Å²) in [6.07, 6.45) is 13.4. The Bertz CT molecular complexity index is 219. The van der Waals surface area contributed by atoms with E-state index < -0.39 is 0 Å². The van der Waals surface area contributed by atoms with Crippen LogP contribution in [0.4, 0.5) is 0 Å². The number of rotatable bonds is 9. The van der Waals surface area contributed by atoms with Gasteiger partial charge in [0.15, 0.2) is 0 Å². The molecule has 0 aliphatic carbocycles. The summed E-state index contributed by atoms with van der Waals surface area (Å²) in [5, 5.41) is 10.7. The number of nitrogens with zero attached hydrogens (tertiary/aromatic N) is 1. The number of unbranched alkanes of at least 4 members (excludes halogenated alkanes) is 5. The van der Waals surface area contributed by atoms with Crippen molar-refractivity contribution in [3.63, 3.8) is 0 Å². The van der Waals surface area contributed by atoms with E-state index in [9.17, 15) is 5.11 Å². The molecule has 1 heterocycles. The van der Waals surface area contributed by atoms with Crippen LogP contribution in [0.15, 0.2) is 0 Å². The minimum absolute atomic E-state index is 0.354. The molecule has 0 radical (unpaired) electrons. The molecule has 1 saturated heterocycles. The lowest BCUT2D eigenvalue weighted by molar-refractivity contribution is 0.0145. The maximum atomic E-state index is 10.7. The van der Waals surface area contributed by atoms with E-state index in [2.05, 4.69) is 18.7 Å². The van der Waals surface area contributed by atoms with Crippen molar-refractivity contribution >= 4 is 0 Å². The van der Waals surface area contributed by atoms with Crippen LogP contribution in [0.5, 0.6) is 0 Å². The Morgan fingerprint density at radius 1 is 0.895 bits per heavy atom. The largest absolute Gasteiger partial charge is 0.390 e. The van der Waals surface area contributed by atoms with E-state index in [1.807, 2.05) is 0 Å². The summed E-state index contributed by atoms with van der Waals surface area (Å²) >= 11 is 0. The van der Waals surface area contributed by atoms with Gasteiger partial charge in [0.2, 0.25) is 0 Å².